The van der Waals surface area contributed by atoms with E-state index < -0.39 is 0 Å². The first-order chi connectivity index (χ1) is 7.60. The summed E-state index contributed by atoms with van der Waals surface area (Å²) in [4.78, 5) is 11.8. The van der Waals surface area contributed by atoms with E-state index in [9.17, 15) is 4.79 Å². The minimum absolute atomic E-state index is 0.0871. The summed E-state index contributed by atoms with van der Waals surface area (Å²) in [6.45, 7) is 9.15. The summed E-state index contributed by atoms with van der Waals surface area (Å²) in [6, 6.07) is 0.502. The van der Waals surface area contributed by atoms with Crippen LogP contribution in [0.1, 0.15) is 53.4 Å². The molecule has 0 unspecified atom stereocenters. The Morgan fingerprint density at radius 3 is 2.00 bits per heavy atom. The van der Waals surface area contributed by atoms with Crippen molar-refractivity contribution in [2.75, 3.05) is 13.7 Å². The fourth-order valence-electron chi connectivity index (χ4n) is 1.99. The summed E-state index contributed by atoms with van der Waals surface area (Å²) in [6.07, 6.45) is 3.84. The molecule has 0 amide bonds. The predicted octanol–water partition coefficient (Wildman–Crippen LogP) is 2.74. The maximum atomic E-state index is 11.8. The molecule has 96 valence electrons. The molecule has 0 saturated heterocycles. The molecule has 0 atom stereocenters. The Labute approximate surface area is 99.9 Å². The number of rotatable bonds is 8. The van der Waals surface area contributed by atoms with Crippen LogP contribution < -0.4 is 5.32 Å². The van der Waals surface area contributed by atoms with Crippen LogP contribution in [0.25, 0.3) is 0 Å². The summed E-state index contributed by atoms with van der Waals surface area (Å²) in [5, 5.41) is 3.48. The first kappa shape index (κ1) is 15.4. The van der Waals surface area contributed by atoms with Gasteiger partial charge >= 0.3 is 5.97 Å². The average molecular weight is 229 g/mol. The number of esters is 1. The van der Waals surface area contributed by atoms with E-state index in [2.05, 4.69) is 33.0 Å². The van der Waals surface area contributed by atoms with Crippen molar-refractivity contribution in [1.29, 1.82) is 0 Å². The number of methoxy groups -OCH3 is 1. The van der Waals surface area contributed by atoms with Crippen LogP contribution >= 0.6 is 0 Å². The molecule has 0 aromatic carbocycles. The molecule has 0 aliphatic rings. The van der Waals surface area contributed by atoms with Crippen LogP contribution in [-0.2, 0) is 9.53 Å². The van der Waals surface area contributed by atoms with E-state index in [-0.39, 0.29) is 11.4 Å². The third kappa shape index (κ3) is 3.78. The molecule has 0 spiro atoms. The van der Waals surface area contributed by atoms with Gasteiger partial charge in [0.05, 0.1) is 12.5 Å². The number of ether oxygens (including phenoxy) is 1. The molecule has 0 rings (SSSR count). The topological polar surface area (TPSA) is 38.3 Å². The van der Waals surface area contributed by atoms with E-state index in [1.54, 1.807) is 0 Å². The molecule has 0 aromatic rings. The zero-order chi connectivity index (χ0) is 12.6. The molecular formula is C13H27NO2. The van der Waals surface area contributed by atoms with Crippen LogP contribution in [0.5, 0.6) is 0 Å². The zero-order valence-corrected chi connectivity index (χ0v) is 11.4. The number of nitrogens with one attached hydrogen (secondary N) is 1. The Kier molecular flexibility index (Phi) is 7.39. The lowest BCUT2D eigenvalue weighted by atomic mass is 9.82. The van der Waals surface area contributed by atoms with Crippen LogP contribution in [0.15, 0.2) is 0 Å². The maximum Gasteiger partial charge on any atom is 0.313 e. The second-order valence-electron chi connectivity index (χ2n) is 4.37. The van der Waals surface area contributed by atoms with Crippen molar-refractivity contribution in [3.63, 3.8) is 0 Å². The second kappa shape index (κ2) is 7.66. The molecule has 0 bridgehead atoms. The van der Waals surface area contributed by atoms with E-state index in [1.807, 2.05) is 0 Å². The van der Waals surface area contributed by atoms with Crippen LogP contribution in [-0.4, -0.2) is 25.7 Å². The molecular weight excluding hydrogens is 202 g/mol. The van der Waals surface area contributed by atoms with Gasteiger partial charge in [-0.05, 0) is 25.7 Å². The smallest absolute Gasteiger partial charge is 0.313 e. The first-order valence-corrected chi connectivity index (χ1v) is 6.41. The molecule has 0 saturated carbocycles. The molecule has 0 aliphatic carbocycles. The van der Waals surface area contributed by atoms with Crippen molar-refractivity contribution in [3.8, 4) is 0 Å². The van der Waals surface area contributed by atoms with Gasteiger partial charge in [0.25, 0.3) is 0 Å². The largest absolute Gasteiger partial charge is 0.469 e. The van der Waals surface area contributed by atoms with E-state index in [0.717, 1.165) is 32.2 Å². The minimum Gasteiger partial charge on any atom is -0.469 e. The standard InChI is InChI=1S/C13H27NO2/c1-6-11(7-2)14-10-13(8-3,9-4)12(15)16-5/h11,14H,6-10H2,1-5H3. The number of carbonyl (C=O) groups excluding carboxylic acids is 1. The van der Waals surface area contributed by atoms with Crippen molar-refractivity contribution in [2.45, 2.75) is 59.4 Å². The van der Waals surface area contributed by atoms with Crippen LogP contribution in [0.2, 0.25) is 0 Å². The average Bonchev–Trinajstić information content (AvgIpc) is 2.35. The van der Waals surface area contributed by atoms with E-state index >= 15 is 0 Å². The minimum atomic E-state index is -0.350. The van der Waals surface area contributed by atoms with Crippen molar-refractivity contribution in [2.24, 2.45) is 5.41 Å². The lowest BCUT2D eigenvalue weighted by Gasteiger charge is -2.30. The summed E-state index contributed by atoms with van der Waals surface area (Å²) in [5.41, 5.74) is -0.350. The third-order valence-corrected chi connectivity index (χ3v) is 3.69. The van der Waals surface area contributed by atoms with Gasteiger partial charge in [-0.25, -0.2) is 0 Å². The van der Waals surface area contributed by atoms with Crippen LogP contribution in [0, 0.1) is 5.41 Å². The Hall–Kier alpha value is -0.570. The van der Waals surface area contributed by atoms with Gasteiger partial charge in [0.15, 0.2) is 0 Å². The van der Waals surface area contributed by atoms with Gasteiger partial charge in [0.2, 0.25) is 0 Å². The normalized spacial score (nSPS) is 11.9. The van der Waals surface area contributed by atoms with E-state index in [1.165, 1.54) is 7.11 Å². The summed E-state index contributed by atoms with van der Waals surface area (Å²) in [7, 11) is 1.47. The van der Waals surface area contributed by atoms with Crippen molar-refractivity contribution < 1.29 is 9.53 Å². The van der Waals surface area contributed by atoms with Gasteiger partial charge in [-0.15, -0.1) is 0 Å². The number of hydrogen-bond donors (Lipinski definition) is 1. The molecule has 0 radical (unpaired) electrons. The molecule has 3 heteroatoms. The molecule has 1 N–H and O–H groups in total. The molecule has 0 heterocycles. The lowest BCUT2D eigenvalue weighted by Crippen LogP contribution is -2.44. The highest BCUT2D eigenvalue weighted by atomic mass is 16.5. The summed E-state index contributed by atoms with van der Waals surface area (Å²) in [5.74, 6) is -0.0871. The van der Waals surface area contributed by atoms with E-state index in [0.29, 0.717) is 6.04 Å². The van der Waals surface area contributed by atoms with Gasteiger partial charge in [-0.3, -0.25) is 4.79 Å². The molecule has 3 nitrogen and oxygen atoms in total. The second-order valence-corrected chi connectivity index (χ2v) is 4.37. The Morgan fingerprint density at radius 2 is 1.69 bits per heavy atom. The zero-order valence-electron chi connectivity index (χ0n) is 11.4. The van der Waals surface area contributed by atoms with Crippen LogP contribution in [0.4, 0.5) is 0 Å². The monoisotopic (exact) mass is 229 g/mol. The highest BCUT2D eigenvalue weighted by molar-refractivity contribution is 5.76. The summed E-state index contributed by atoms with van der Waals surface area (Å²) < 4.78 is 4.92. The van der Waals surface area contributed by atoms with Crippen molar-refractivity contribution in [3.05, 3.63) is 0 Å². The van der Waals surface area contributed by atoms with Gasteiger partial charge in [-0.2, -0.15) is 0 Å². The Balaban J connectivity index is 4.49. The van der Waals surface area contributed by atoms with Gasteiger partial charge in [0.1, 0.15) is 0 Å². The molecule has 16 heavy (non-hydrogen) atoms. The first-order valence-electron chi connectivity index (χ1n) is 6.41. The SMILES string of the molecule is CCC(CC)NCC(CC)(CC)C(=O)OC. The Morgan fingerprint density at radius 1 is 1.19 bits per heavy atom. The fraction of sp³-hybridized carbons (Fsp3) is 0.923. The quantitative estimate of drug-likeness (QED) is 0.650. The van der Waals surface area contributed by atoms with Gasteiger partial charge in [0, 0.05) is 12.6 Å². The fourth-order valence-corrected chi connectivity index (χ4v) is 1.99. The summed E-state index contributed by atoms with van der Waals surface area (Å²) >= 11 is 0. The van der Waals surface area contributed by atoms with Gasteiger partial charge in [-0.1, -0.05) is 27.7 Å². The van der Waals surface area contributed by atoms with Gasteiger partial charge < -0.3 is 10.1 Å². The third-order valence-electron chi connectivity index (χ3n) is 3.69. The maximum absolute atomic E-state index is 11.8. The number of carbonyl (C=O) groups is 1. The molecule has 0 aromatic heterocycles. The Bertz CT molecular complexity index is 196. The highest BCUT2D eigenvalue weighted by Crippen LogP contribution is 2.27. The lowest BCUT2D eigenvalue weighted by molar-refractivity contribution is -0.153. The van der Waals surface area contributed by atoms with Crippen molar-refractivity contribution in [1.82, 2.24) is 5.32 Å². The van der Waals surface area contributed by atoms with Crippen molar-refractivity contribution >= 4 is 5.97 Å². The molecule has 0 aliphatic heterocycles. The van der Waals surface area contributed by atoms with Crippen LogP contribution in [0.3, 0.4) is 0 Å². The highest BCUT2D eigenvalue weighted by Gasteiger charge is 2.35. The molecule has 0 fully saturated rings. The number of hydrogen-bond acceptors (Lipinski definition) is 3. The van der Waals surface area contributed by atoms with E-state index in [4.69, 9.17) is 4.74 Å². The predicted molar refractivity (Wildman–Crippen MR) is 67.4 cm³/mol.